The molecule has 1 aromatic carbocycles. The molecule has 1 aromatic heterocycles. The SMILES string of the molecule is FC(F)CNc1nc2ccccc2nc1N1CCOCC1. The van der Waals surface area contributed by atoms with Crippen molar-refractivity contribution >= 4 is 22.7 Å². The van der Waals surface area contributed by atoms with Crippen LogP contribution in [0.25, 0.3) is 11.0 Å². The second-order valence-corrected chi connectivity index (χ2v) is 4.76. The van der Waals surface area contributed by atoms with E-state index in [2.05, 4.69) is 15.3 Å². The predicted octanol–water partition coefficient (Wildman–Crippen LogP) is 2.14. The average Bonchev–Trinajstić information content (AvgIpc) is 2.53. The summed E-state index contributed by atoms with van der Waals surface area (Å²) in [6.45, 7) is 2.11. The number of nitrogens with zero attached hydrogens (tertiary/aromatic N) is 3. The van der Waals surface area contributed by atoms with Crippen LogP contribution in [-0.2, 0) is 4.74 Å². The maximum atomic E-state index is 12.5. The second kappa shape index (κ2) is 6.17. The molecule has 3 rings (SSSR count). The summed E-state index contributed by atoms with van der Waals surface area (Å²) in [5.41, 5.74) is 1.44. The summed E-state index contributed by atoms with van der Waals surface area (Å²) in [6, 6.07) is 7.41. The van der Waals surface area contributed by atoms with Crippen LogP contribution in [-0.4, -0.2) is 49.2 Å². The molecule has 0 spiro atoms. The molecular formula is C14H16F2N4O. The van der Waals surface area contributed by atoms with Crippen molar-refractivity contribution < 1.29 is 13.5 Å². The average molecular weight is 294 g/mol. The number of rotatable bonds is 4. The number of alkyl halides is 2. The van der Waals surface area contributed by atoms with Gasteiger partial charge < -0.3 is 15.0 Å². The maximum Gasteiger partial charge on any atom is 0.255 e. The smallest absolute Gasteiger partial charge is 0.255 e. The number of morpholine rings is 1. The summed E-state index contributed by atoms with van der Waals surface area (Å²) in [5.74, 6) is 1.01. The first-order chi connectivity index (χ1) is 10.2. The Morgan fingerprint density at radius 1 is 1.14 bits per heavy atom. The standard InChI is InChI=1S/C14H16F2N4O/c15-12(16)9-17-13-14(20-5-7-21-8-6-20)19-11-4-2-1-3-10(11)18-13/h1-4,12H,5-9H2,(H,17,18). The summed E-state index contributed by atoms with van der Waals surface area (Å²) >= 11 is 0. The Morgan fingerprint density at radius 3 is 2.48 bits per heavy atom. The zero-order valence-electron chi connectivity index (χ0n) is 11.4. The van der Waals surface area contributed by atoms with Gasteiger partial charge in [-0.05, 0) is 12.1 Å². The van der Waals surface area contributed by atoms with Gasteiger partial charge in [0.1, 0.15) is 0 Å². The molecule has 2 aromatic rings. The molecule has 1 saturated heterocycles. The van der Waals surface area contributed by atoms with E-state index in [4.69, 9.17) is 4.74 Å². The van der Waals surface area contributed by atoms with Crippen LogP contribution in [0.1, 0.15) is 0 Å². The van der Waals surface area contributed by atoms with Crippen LogP contribution in [0.5, 0.6) is 0 Å². The molecule has 1 fully saturated rings. The zero-order valence-corrected chi connectivity index (χ0v) is 11.4. The minimum atomic E-state index is -2.43. The van der Waals surface area contributed by atoms with E-state index in [1.807, 2.05) is 29.2 Å². The first-order valence-corrected chi connectivity index (χ1v) is 6.85. The lowest BCUT2D eigenvalue weighted by Gasteiger charge is -2.29. The molecular weight excluding hydrogens is 278 g/mol. The number of nitrogens with one attached hydrogen (secondary N) is 1. The number of aromatic nitrogens is 2. The Hall–Kier alpha value is -2.02. The minimum absolute atomic E-state index is 0.399. The third-order valence-corrected chi connectivity index (χ3v) is 3.29. The number of halogens is 2. The van der Waals surface area contributed by atoms with E-state index in [0.717, 1.165) is 5.52 Å². The van der Waals surface area contributed by atoms with E-state index in [0.29, 0.717) is 43.5 Å². The van der Waals surface area contributed by atoms with Gasteiger partial charge in [-0.25, -0.2) is 18.7 Å². The third-order valence-electron chi connectivity index (χ3n) is 3.29. The number of benzene rings is 1. The predicted molar refractivity (Wildman–Crippen MR) is 77.1 cm³/mol. The number of hydrogen-bond donors (Lipinski definition) is 1. The third kappa shape index (κ3) is 3.18. The molecule has 1 aliphatic heterocycles. The van der Waals surface area contributed by atoms with Gasteiger partial charge in [-0.3, -0.25) is 0 Å². The summed E-state index contributed by atoms with van der Waals surface area (Å²) < 4.78 is 30.2. The van der Waals surface area contributed by atoms with Crippen molar-refractivity contribution in [2.45, 2.75) is 6.43 Å². The highest BCUT2D eigenvalue weighted by Crippen LogP contribution is 2.25. The lowest BCUT2D eigenvalue weighted by atomic mass is 10.3. The lowest BCUT2D eigenvalue weighted by Crippen LogP contribution is -2.37. The minimum Gasteiger partial charge on any atom is -0.378 e. The first kappa shape index (κ1) is 13.9. The van der Waals surface area contributed by atoms with Crippen LogP contribution in [0.3, 0.4) is 0 Å². The highest BCUT2D eigenvalue weighted by Gasteiger charge is 2.19. The van der Waals surface area contributed by atoms with E-state index in [1.54, 1.807) is 0 Å². The Kier molecular flexibility index (Phi) is 4.10. The van der Waals surface area contributed by atoms with Crippen molar-refractivity contribution in [1.29, 1.82) is 0 Å². The molecule has 1 aliphatic rings. The van der Waals surface area contributed by atoms with Gasteiger partial charge in [-0.15, -0.1) is 0 Å². The molecule has 0 atom stereocenters. The largest absolute Gasteiger partial charge is 0.378 e. The maximum absolute atomic E-state index is 12.5. The van der Waals surface area contributed by atoms with Crippen LogP contribution in [0.15, 0.2) is 24.3 Å². The van der Waals surface area contributed by atoms with Crippen LogP contribution in [0, 0.1) is 0 Å². The van der Waals surface area contributed by atoms with Crippen molar-refractivity contribution in [3.63, 3.8) is 0 Å². The molecule has 5 nitrogen and oxygen atoms in total. The zero-order chi connectivity index (χ0) is 14.7. The van der Waals surface area contributed by atoms with Gasteiger partial charge in [0.15, 0.2) is 11.6 Å². The Bertz CT molecular complexity index is 617. The number of ether oxygens (including phenoxy) is 1. The topological polar surface area (TPSA) is 50.3 Å². The van der Waals surface area contributed by atoms with E-state index in [9.17, 15) is 8.78 Å². The molecule has 21 heavy (non-hydrogen) atoms. The van der Waals surface area contributed by atoms with Crippen molar-refractivity contribution in [3.05, 3.63) is 24.3 Å². The van der Waals surface area contributed by atoms with E-state index in [1.165, 1.54) is 0 Å². The molecule has 2 heterocycles. The van der Waals surface area contributed by atoms with Gasteiger partial charge in [-0.1, -0.05) is 12.1 Å². The van der Waals surface area contributed by atoms with Gasteiger partial charge >= 0.3 is 0 Å². The van der Waals surface area contributed by atoms with Crippen LogP contribution in [0.2, 0.25) is 0 Å². The molecule has 7 heteroatoms. The van der Waals surface area contributed by atoms with Gasteiger partial charge in [0.2, 0.25) is 0 Å². The number of para-hydroxylation sites is 2. The fraction of sp³-hybridized carbons (Fsp3) is 0.429. The van der Waals surface area contributed by atoms with E-state index < -0.39 is 13.0 Å². The Morgan fingerprint density at radius 2 is 1.81 bits per heavy atom. The van der Waals surface area contributed by atoms with Crippen molar-refractivity contribution in [3.8, 4) is 0 Å². The first-order valence-electron chi connectivity index (χ1n) is 6.85. The Balaban J connectivity index is 1.98. The van der Waals surface area contributed by atoms with Crippen LogP contribution >= 0.6 is 0 Å². The van der Waals surface area contributed by atoms with E-state index >= 15 is 0 Å². The van der Waals surface area contributed by atoms with Gasteiger partial charge in [0, 0.05) is 13.1 Å². The monoisotopic (exact) mass is 294 g/mol. The lowest BCUT2D eigenvalue weighted by molar-refractivity contribution is 0.122. The van der Waals surface area contributed by atoms with Gasteiger partial charge in [0.05, 0.1) is 30.8 Å². The Labute approximate surface area is 120 Å². The molecule has 0 unspecified atom stereocenters. The number of fused-ring (bicyclic) bond motifs is 1. The molecule has 0 aliphatic carbocycles. The normalized spacial score (nSPS) is 15.7. The second-order valence-electron chi connectivity index (χ2n) is 4.76. The summed E-state index contributed by atoms with van der Waals surface area (Å²) in [6.07, 6.45) is -2.43. The highest BCUT2D eigenvalue weighted by atomic mass is 19.3. The van der Waals surface area contributed by atoms with Gasteiger partial charge in [-0.2, -0.15) is 0 Å². The van der Waals surface area contributed by atoms with E-state index in [-0.39, 0.29) is 0 Å². The summed E-state index contributed by atoms with van der Waals surface area (Å²) in [4.78, 5) is 11.0. The quantitative estimate of drug-likeness (QED) is 0.936. The molecule has 0 saturated carbocycles. The number of anilines is 2. The number of hydrogen-bond acceptors (Lipinski definition) is 5. The van der Waals surface area contributed by atoms with Crippen molar-refractivity contribution in [1.82, 2.24) is 9.97 Å². The molecule has 0 amide bonds. The fourth-order valence-corrected chi connectivity index (χ4v) is 2.28. The van der Waals surface area contributed by atoms with Crippen molar-refractivity contribution in [2.75, 3.05) is 43.1 Å². The fourth-order valence-electron chi connectivity index (χ4n) is 2.28. The molecule has 112 valence electrons. The molecule has 0 bridgehead atoms. The molecule has 1 N–H and O–H groups in total. The van der Waals surface area contributed by atoms with Crippen LogP contribution in [0.4, 0.5) is 20.4 Å². The summed E-state index contributed by atoms with van der Waals surface area (Å²) in [7, 11) is 0. The van der Waals surface area contributed by atoms with Gasteiger partial charge in [0.25, 0.3) is 6.43 Å². The van der Waals surface area contributed by atoms with Crippen molar-refractivity contribution in [2.24, 2.45) is 0 Å². The highest BCUT2D eigenvalue weighted by molar-refractivity contribution is 5.80. The summed E-state index contributed by atoms with van der Waals surface area (Å²) in [5, 5.41) is 2.70. The molecule has 0 radical (unpaired) electrons. The van der Waals surface area contributed by atoms with Crippen LogP contribution < -0.4 is 10.2 Å².